The van der Waals surface area contributed by atoms with E-state index < -0.39 is 0 Å². The van der Waals surface area contributed by atoms with Gasteiger partial charge in [-0.2, -0.15) is 0 Å². The average molecular weight is 208 g/mol. The van der Waals surface area contributed by atoms with E-state index in [1.165, 1.54) is 6.07 Å². The summed E-state index contributed by atoms with van der Waals surface area (Å²) in [5, 5.41) is 0. The van der Waals surface area contributed by atoms with Crippen LogP contribution in [0.2, 0.25) is 0 Å². The molecule has 0 aromatic carbocycles. The van der Waals surface area contributed by atoms with Crippen molar-refractivity contribution in [2.75, 3.05) is 0 Å². The largest absolute Gasteiger partial charge is 0.365 e. The zero-order valence-corrected chi connectivity index (χ0v) is 8.29. The summed E-state index contributed by atoms with van der Waals surface area (Å²) in [6.45, 7) is 0. The minimum Gasteiger partial charge on any atom is -0.365 e. The van der Waals surface area contributed by atoms with E-state index >= 15 is 0 Å². The second-order valence-corrected chi connectivity index (χ2v) is 3.61. The number of hydrogen-bond acceptors (Lipinski definition) is 3. The molecule has 0 aliphatic carbocycles. The fourth-order valence-electron chi connectivity index (χ4n) is 1.50. The molecule has 4 nitrogen and oxygen atoms in total. The highest BCUT2D eigenvalue weighted by molar-refractivity contribution is 7.71. The summed E-state index contributed by atoms with van der Waals surface area (Å²) in [5.41, 5.74) is -0.200. The number of ether oxygens (including phenoxy) is 1. The third-order valence-electron chi connectivity index (χ3n) is 2.19. The number of nitrogens with zero attached hydrogens (tertiary/aromatic N) is 1. The average Bonchev–Trinajstić information content (AvgIpc) is 2.51. The van der Waals surface area contributed by atoms with Crippen molar-refractivity contribution in [2.45, 2.75) is 25.1 Å². The van der Waals surface area contributed by atoms with Gasteiger partial charge in [-0.05, 0) is 25.1 Å². The number of nitrogens with one attached hydrogen (secondary N) is 1. The van der Waals surface area contributed by atoms with Gasteiger partial charge in [0.05, 0.1) is 0 Å². The fourth-order valence-corrected chi connectivity index (χ4v) is 1.78. The second-order valence-electron chi connectivity index (χ2n) is 3.22. The monoisotopic (exact) mass is 208 g/mol. The molecule has 1 unspecified atom stereocenters. The van der Waals surface area contributed by atoms with Crippen LogP contribution in [0.5, 0.6) is 0 Å². The SMILES string of the molecule is [B][C@@H]1CCC(n2ccc(=O)[nH]c2=S)O1. The van der Waals surface area contributed by atoms with E-state index in [1.807, 2.05) is 0 Å². The van der Waals surface area contributed by atoms with Gasteiger partial charge >= 0.3 is 0 Å². The van der Waals surface area contributed by atoms with E-state index in [4.69, 9.17) is 24.8 Å². The topological polar surface area (TPSA) is 47.0 Å². The smallest absolute Gasteiger partial charge is 0.251 e. The molecule has 1 fully saturated rings. The van der Waals surface area contributed by atoms with E-state index in [0.717, 1.165) is 12.8 Å². The van der Waals surface area contributed by atoms with E-state index in [-0.39, 0.29) is 17.8 Å². The highest BCUT2D eigenvalue weighted by Gasteiger charge is 2.22. The maximum absolute atomic E-state index is 10.9. The van der Waals surface area contributed by atoms with Crippen molar-refractivity contribution in [2.24, 2.45) is 0 Å². The Morgan fingerprint density at radius 3 is 3.00 bits per heavy atom. The first kappa shape index (κ1) is 9.67. The van der Waals surface area contributed by atoms with Gasteiger partial charge in [-0.1, -0.05) is 0 Å². The van der Waals surface area contributed by atoms with Crippen molar-refractivity contribution in [1.82, 2.24) is 9.55 Å². The van der Waals surface area contributed by atoms with Gasteiger partial charge in [-0.25, -0.2) is 0 Å². The summed E-state index contributed by atoms with van der Waals surface area (Å²) in [6.07, 6.45) is 3.12. The van der Waals surface area contributed by atoms with Gasteiger partial charge in [0.1, 0.15) is 14.1 Å². The molecular formula is C8H9BN2O2S. The molecule has 2 rings (SSSR count). The number of hydrogen-bond donors (Lipinski definition) is 1. The van der Waals surface area contributed by atoms with Gasteiger partial charge in [-0.3, -0.25) is 14.3 Å². The standard InChI is InChI=1S/C8H9BN2O2S/c9-5-1-2-7(13-5)11-4-3-6(12)10-8(11)14/h3-5,7H,1-2H2,(H,10,12,14)/t5-,7?/m0/s1. The normalized spacial score (nSPS) is 26.6. The van der Waals surface area contributed by atoms with Crippen LogP contribution in [-0.2, 0) is 4.74 Å². The van der Waals surface area contributed by atoms with Crippen molar-refractivity contribution in [3.63, 3.8) is 0 Å². The predicted octanol–water partition coefficient (Wildman–Crippen LogP) is 0.709. The van der Waals surface area contributed by atoms with Crippen LogP contribution in [-0.4, -0.2) is 23.4 Å². The van der Waals surface area contributed by atoms with Crippen molar-refractivity contribution in [1.29, 1.82) is 0 Å². The lowest BCUT2D eigenvalue weighted by molar-refractivity contribution is 0.0354. The van der Waals surface area contributed by atoms with Gasteiger partial charge < -0.3 is 4.74 Å². The van der Waals surface area contributed by atoms with E-state index in [0.29, 0.717) is 4.77 Å². The van der Waals surface area contributed by atoms with Crippen LogP contribution in [0.15, 0.2) is 17.1 Å². The minimum absolute atomic E-state index is 0.144. The zero-order valence-electron chi connectivity index (χ0n) is 7.47. The lowest BCUT2D eigenvalue weighted by atomic mass is 9.98. The van der Waals surface area contributed by atoms with Crippen LogP contribution >= 0.6 is 12.2 Å². The predicted molar refractivity (Wildman–Crippen MR) is 54.8 cm³/mol. The Morgan fingerprint density at radius 1 is 1.64 bits per heavy atom. The molecule has 0 amide bonds. The molecule has 2 atom stereocenters. The first-order valence-corrected chi connectivity index (χ1v) is 4.80. The highest BCUT2D eigenvalue weighted by Crippen LogP contribution is 2.25. The van der Waals surface area contributed by atoms with E-state index in [2.05, 4.69) is 4.98 Å². The van der Waals surface area contributed by atoms with E-state index in [9.17, 15) is 4.79 Å². The van der Waals surface area contributed by atoms with Gasteiger partial charge in [-0.15, -0.1) is 0 Å². The molecule has 0 spiro atoms. The maximum atomic E-state index is 10.9. The molecule has 1 N–H and O–H groups in total. The molecule has 6 heteroatoms. The molecule has 1 aromatic rings. The van der Waals surface area contributed by atoms with Crippen molar-refractivity contribution < 1.29 is 4.74 Å². The third kappa shape index (κ3) is 1.81. The molecule has 1 aliphatic heterocycles. The molecule has 72 valence electrons. The van der Waals surface area contributed by atoms with Gasteiger partial charge in [0, 0.05) is 18.3 Å². The van der Waals surface area contributed by atoms with Crippen LogP contribution in [0.1, 0.15) is 19.1 Å². The molecule has 0 bridgehead atoms. The summed E-state index contributed by atoms with van der Waals surface area (Å²) in [4.78, 5) is 13.5. The summed E-state index contributed by atoms with van der Waals surface area (Å²) >= 11 is 5.00. The first-order chi connectivity index (χ1) is 6.66. The Kier molecular flexibility index (Phi) is 2.56. The minimum atomic E-state index is -0.228. The van der Waals surface area contributed by atoms with Crippen LogP contribution in [0.4, 0.5) is 0 Å². The third-order valence-corrected chi connectivity index (χ3v) is 2.50. The molecule has 2 heterocycles. The van der Waals surface area contributed by atoms with Crippen molar-refractivity contribution in [3.05, 3.63) is 27.4 Å². The lowest BCUT2D eigenvalue weighted by Crippen LogP contribution is -2.16. The van der Waals surface area contributed by atoms with Crippen molar-refractivity contribution in [3.8, 4) is 0 Å². The van der Waals surface area contributed by atoms with Gasteiger partial charge in [0.2, 0.25) is 0 Å². The number of aromatic nitrogens is 2. The number of aromatic amines is 1. The number of H-pyrrole nitrogens is 1. The first-order valence-electron chi connectivity index (χ1n) is 4.39. The maximum Gasteiger partial charge on any atom is 0.251 e. The Labute approximate surface area is 87.3 Å². The Morgan fingerprint density at radius 2 is 2.43 bits per heavy atom. The fraction of sp³-hybridized carbons (Fsp3) is 0.500. The summed E-state index contributed by atoms with van der Waals surface area (Å²) in [5.74, 6) is 0. The molecule has 1 aromatic heterocycles. The van der Waals surface area contributed by atoms with Gasteiger partial charge in [0.25, 0.3) is 5.56 Å². The highest BCUT2D eigenvalue weighted by atomic mass is 32.1. The van der Waals surface area contributed by atoms with Crippen LogP contribution < -0.4 is 5.56 Å². The Bertz CT molecular complexity index is 441. The van der Waals surface area contributed by atoms with Crippen LogP contribution in [0.25, 0.3) is 0 Å². The van der Waals surface area contributed by atoms with Crippen LogP contribution in [0.3, 0.4) is 0 Å². The van der Waals surface area contributed by atoms with Crippen LogP contribution in [0, 0.1) is 4.77 Å². The van der Waals surface area contributed by atoms with E-state index in [1.54, 1.807) is 10.8 Å². The zero-order chi connectivity index (χ0) is 10.1. The van der Waals surface area contributed by atoms with Crippen molar-refractivity contribution >= 4 is 20.1 Å². The molecular weight excluding hydrogens is 199 g/mol. The van der Waals surface area contributed by atoms with Gasteiger partial charge in [0.15, 0.2) is 4.77 Å². The second kappa shape index (κ2) is 3.71. The lowest BCUT2D eigenvalue weighted by Gasteiger charge is -2.14. The number of rotatable bonds is 1. The molecule has 1 saturated heterocycles. The quantitative estimate of drug-likeness (QED) is 0.546. The Hall–Kier alpha value is -0.875. The summed E-state index contributed by atoms with van der Waals surface area (Å²) in [6, 6.07) is 1.19. The molecule has 0 saturated carbocycles. The summed E-state index contributed by atoms with van der Waals surface area (Å²) < 4.78 is 7.50. The Balaban J connectivity index is 2.33. The summed E-state index contributed by atoms with van der Waals surface area (Å²) in [7, 11) is 5.60. The molecule has 2 radical (unpaired) electrons. The molecule has 14 heavy (non-hydrogen) atoms. The molecule has 1 aliphatic rings.